The van der Waals surface area contributed by atoms with Gasteiger partial charge in [-0.2, -0.15) is 0 Å². The Bertz CT molecular complexity index is 811. The molecule has 1 unspecified atom stereocenters. The molecule has 0 aliphatic heterocycles. The van der Waals surface area contributed by atoms with Crippen LogP contribution in [-0.2, 0) is 20.7 Å². The average molecular weight is 441 g/mol. The summed E-state index contributed by atoms with van der Waals surface area (Å²) in [6.07, 6.45) is 4.86. The van der Waals surface area contributed by atoms with Gasteiger partial charge in [-0.05, 0) is 55.2 Å². The Hall–Kier alpha value is -2.79. The van der Waals surface area contributed by atoms with E-state index in [-0.39, 0.29) is 12.5 Å². The summed E-state index contributed by atoms with van der Waals surface area (Å²) in [5, 5.41) is 0. The van der Waals surface area contributed by atoms with Gasteiger partial charge in [0.1, 0.15) is 31.3 Å². The Kier molecular flexibility index (Phi) is 11.4. The van der Waals surface area contributed by atoms with Crippen molar-refractivity contribution < 1.29 is 23.7 Å². The number of carbonyl (C=O) groups excluding carboxylic acids is 1. The molecule has 0 fully saturated rings. The second-order valence-corrected chi connectivity index (χ2v) is 7.90. The Balaban J connectivity index is 1.75. The van der Waals surface area contributed by atoms with Gasteiger partial charge < -0.3 is 18.9 Å². The molecule has 174 valence electrons. The highest BCUT2D eigenvalue weighted by atomic mass is 16.5. The van der Waals surface area contributed by atoms with Gasteiger partial charge in [0.25, 0.3) is 0 Å². The first kappa shape index (κ1) is 25.5. The van der Waals surface area contributed by atoms with Crippen LogP contribution in [0.1, 0.15) is 50.2 Å². The first-order valence-corrected chi connectivity index (χ1v) is 11.3. The highest BCUT2D eigenvalue weighted by molar-refractivity contribution is 5.86. The normalized spacial score (nSPS) is 11.6. The Morgan fingerprint density at radius 2 is 1.50 bits per heavy atom. The summed E-state index contributed by atoms with van der Waals surface area (Å²) in [7, 11) is 1.63. The van der Waals surface area contributed by atoms with E-state index in [1.165, 1.54) is 24.8 Å². The Morgan fingerprint density at radius 3 is 2.03 bits per heavy atom. The standard InChI is InChI=1S/C27H36O5/c1-5-6-7-8-22-9-13-25(14-10-22)30-17-18-31-26-15-11-23(12-16-26)24(19-29-4)20-32-27(28)21(2)3/h9-16,24H,2,5-8,17-20H2,1,3-4H3. The van der Waals surface area contributed by atoms with E-state index < -0.39 is 5.97 Å². The number of unbranched alkanes of at least 4 members (excludes halogenated alkanes) is 2. The van der Waals surface area contributed by atoms with Crippen LogP contribution in [0.4, 0.5) is 0 Å². The monoisotopic (exact) mass is 440 g/mol. The first-order chi connectivity index (χ1) is 15.5. The largest absolute Gasteiger partial charge is 0.490 e. The van der Waals surface area contributed by atoms with Crippen molar-refractivity contribution in [3.05, 3.63) is 71.8 Å². The van der Waals surface area contributed by atoms with Crippen molar-refractivity contribution in [2.75, 3.05) is 33.5 Å². The lowest BCUT2D eigenvalue weighted by Crippen LogP contribution is -2.17. The molecule has 0 aliphatic carbocycles. The van der Waals surface area contributed by atoms with Gasteiger partial charge in [0.05, 0.1) is 6.61 Å². The zero-order valence-electron chi connectivity index (χ0n) is 19.6. The number of benzene rings is 2. The number of aryl methyl sites for hydroxylation is 1. The molecule has 0 aliphatic rings. The third-order valence-electron chi connectivity index (χ3n) is 5.10. The second-order valence-electron chi connectivity index (χ2n) is 7.90. The lowest BCUT2D eigenvalue weighted by Gasteiger charge is -2.17. The van der Waals surface area contributed by atoms with Crippen LogP contribution in [0.5, 0.6) is 11.5 Å². The van der Waals surface area contributed by atoms with Crippen molar-refractivity contribution in [3.63, 3.8) is 0 Å². The molecule has 0 saturated heterocycles. The smallest absolute Gasteiger partial charge is 0.333 e. The maximum absolute atomic E-state index is 11.7. The van der Waals surface area contributed by atoms with Crippen molar-refractivity contribution in [2.45, 2.75) is 45.4 Å². The van der Waals surface area contributed by atoms with Crippen molar-refractivity contribution in [1.82, 2.24) is 0 Å². The third-order valence-corrected chi connectivity index (χ3v) is 5.10. The van der Waals surface area contributed by atoms with E-state index in [4.69, 9.17) is 18.9 Å². The van der Waals surface area contributed by atoms with E-state index in [1.54, 1.807) is 14.0 Å². The van der Waals surface area contributed by atoms with Crippen molar-refractivity contribution >= 4 is 5.97 Å². The van der Waals surface area contributed by atoms with Crippen molar-refractivity contribution in [2.24, 2.45) is 0 Å². The molecule has 0 N–H and O–H groups in total. The SMILES string of the molecule is C=C(C)C(=O)OCC(COC)c1ccc(OCCOc2ccc(CCCCC)cc2)cc1. The van der Waals surface area contributed by atoms with E-state index in [1.807, 2.05) is 36.4 Å². The first-order valence-electron chi connectivity index (χ1n) is 11.3. The fourth-order valence-electron chi connectivity index (χ4n) is 3.23. The van der Waals surface area contributed by atoms with E-state index in [9.17, 15) is 4.79 Å². The summed E-state index contributed by atoms with van der Waals surface area (Å²) in [5.41, 5.74) is 2.75. The average Bonchev–Trinajstić information content (AvgIpc) is 2.81. The number of hydrogen-bond acceptors (Lipinski definition) is 5. The topological polar surface area (TPSA) is 54.0 Å². The highest BCUT2D eigenvalue weighted by Gasteiger charge is 2.15. The van der Waals surface area contributed by atoms with Gasteiger partial charge in [-0.25, -0.2) is 4.79 Å². The zero-order chi connectivity index (χ0) is 23.2. The molecular formula is C27H36O5. The van der Waals surface area contributed by atoms with Gasteiger partial charge in [-0.15, -0.1) is 0 Å². The fourth-order valence-corrected chi connectivity index (χ4v) is 3.23. The number of ether oxygens (including phenoxy) is 4. The molecule has 0 aromatic heterocycles. The fraction of sp³-hybridized carbons (Fsp3) is 0.444. The highest BCUT2D eigenvalue weighted by Crippen LogP contribution is 2.21. The van der Waals surface area contributed by atoms with Crippen LogP contribution in [0.3, 0.4) is 0 Å². The lowest BCUT2D eigenvalue weighted by atomic mass is 10.0. The van der Waals surface area contributed by atoms with E-state index in [2.05, 4.69) is 25.6 Å². The van der Waals surface area contributed by atoms with E-state index in [0.29, 0.717) is 25.4 Å². The number of carbonyl (C=O) groups is 1. The quantitative estimate of drug-likeness (QED) is 0.201. The van der Waals surface area contributed by atoms with Crippen LogP contribution in [0.2, 0.25) is 0 Å². The molecule has 5 nitrogen and oxygen atoms in total. The van der Waals surface area contributed by atoms with Crippen LogP contribution in [0, 0.1) is 0 Å². The molecule has 2 aromatic carbocycles. The molecule has 5 heteroatoms. The molecule has 0 radical (unpaired) electrons. The number of esters is 1. The van der Waals surface area contributed by atoms with Crippen LogP contribution in [-0.4, -0.2) is 39.5 Å². The molecule has 2 rings (SSSR count). The molecule has 0 spiro atoms. The number of rotatable bonds is 15. The summed E-state index contributed by atoms with van der Waals surface area (Å²) in [4.78, 5) is 11.7. The van der Waals surface area contributed by atoms with Gasteiger partial charge in [0, 0.05) is 18.6 Å². The molecular weight excluding hydrogens is 404 g/mol. The predicted molar refractivity (Wildman–Crippen MR) is 127 cm³/mol. The van der Waals surface area contributed by atoms with Crippen LogP contribution < -0.4 is 9.47 Å². The van der Waals surface area contributed by atoms with Crippen LogP contribution in [0.15, 0.2) is 60.7 Å². The molecule has 0 amide bonds. The van der Waals surface area contributed by atoms with Crippen molar-refractivity contribution in [1.29, 1.82) is 0 Å². The molecule has 0 saturated carbocycles. The van der Waals surface area contributed by atoms with Crippen molar-refractivity contribution in [3.8, 4) is 11.5 Å². The predicted octanol–water partition coefficient (Wildman–Crippen LogP) is 5.73. The van der Waals surface area contributed by atoms with Gasteiger partial charge in [0.2, 0.25) is 0 Å². The maximum Gasteiger partial charge on any atom is 0.333 e. The Labute approximate surface area is 192 Å². The number of hydrogen-bond donors (Lipinski definition) is 0. The minimum absolute atomic E-state index is 0.0503. The summed E-state index contributed by atoms with van der Waals surface area (Å²) in [6.45, 7) is 9.07. The summed E-state index contributed by atoms with van der Waals surface area (Å²) < 4.78 is 22.1. The van der Waals surface area contributed by atoms with Gasteiger partial charge in [0.15, 0.2) is 0 Å². The third kappa shape index (κ3) is 9.15. The van der Waals surface area contributed by atoms with E-state index in [0.717, 1.165) is 23.5 Å². The maximum atomic E-state index is 11.7. The molecule has 0 bridgehead atoms. The number of methoxy groups -OCH3 is 1. The van der Waals surface area contributed by atoms with E-state index >= 15 is 0 Å². The summed E-state index contributed by atoms with van der Waals surface area (Å²) in [5.74, 6) is 1.18. The van der Waals surface area contributed by atoms with Crippen LogP contribution in [0.25, 0.3) is 0 Å². The molecule has 0 heterocycles. The molecule has 2 aromatic rings. The molecule has 32 heavy (non-hydrogen) atoms. The minimum atomic E-state index is -0.391. The van der Waals surface area contributed by atoms with Crippen LogP contribution >= 0.6 is 0 Å². The minimum Gasteiger partial charge on any atom is -0.490 e. The second kappa shape index (κ2) is 14.3. The molecule has 1 atom stereocenters. The lowest BCUT2D eigenvalue weighted by molar-refractivity contribution is -0.139. The zero-order valence-corrected chi connectivity index (χ0v) is 19.6. The summed E-state index contributed by atoms with van der Waals surface area (Å²) >= 11 is 0. The Morgan fingerprint density at radius 1 is 0.906 bits per heavy atom. The summed E-state index contributed by atoms with van der Waals surface area (Å²) in [6, 6.07) is 16.0. The van der Waals surface area contributed by atoms with Gasteiger partial charge in [-0.3, -0.25) is 0 Å². The van der Waals surface area contributed by atoms with Gasteiger partial charge in [-0.1, -0.05) is 50.6 Å². The van der Waals surface area contributed by atoms with Gasteiger partial charge >= 0.3 is 5.97 Å².